The minimum absolute atomic E-state index is 0.227. The molecular formula is C24H25ClN4O3S. The number of aromatic nitrogens is 3. The highest BCUT2D eigenvalue weighted by molar-refractivity contribution is 7.22. The first-order chi connectivity index (χ1) is 15.8. The molecule has 0 radical (unpaired) electrons. The largest absolute Gasteiger partial charge is 0.493 e. The number of benzene rings is 2. The summed E-state index contributed by atoms with van der Waals surface area (Å²) in [5, 5.41) is 5.77. The van der Waals surface area contributed by atoms with Gasteiger partial charge in [0, 0.05) is 17.3 Å². The number of carbonyl (C=O) groups excluding carboxylic acids is 1. The molecule has 0 atom stereocenters. The Morgan fingerprint density at radius 3 is 2.61 bits per heavy atom. The lowest BCUT2D eigenvalue weighted by Crippen LogP contribution is -2.34. The van der Waals surface area contributed by atoms with Crippen molar-refractivity contribution in [1.29, 1.82) is 0 Å². The van der Waals surface area contributed by atoms with Gasteiger partial charge in [-0.3, -0.25) is 14.4 Å². The van der Waals surface area contributed by atoms with E-state index in [4.69, 9.17) is 26.1 Å². The second kappa shape index (κ2) is 9.41. The summed E-state index contributed by atoms with van der Waals surface area (Å²) in [6.07, 6.45) is 0. The Morgan fingerprint density at radius 2 is 1.94 bits per heavy atom. The minimum Gasteiger partial charge on any atom is -0.493 e. The first-order valence-corrected chi connectivity index (χ1v) is 11.6. The molecule has 0 spiro atoms. The number of ether oxygens (including phenoxy) is 2. The molecule has 0 unspecified atom stereocenters. The van der Waals surface area contributed by atoms with Crippen LogP contribution in [0.15, 0.2) is 36.4 Å². The number of thiazole rings is 1. The number of rotatable bonds is 7. The molecule has 0 fully saturated rings. The van der Waals surface area contributed by atoms with Crippen LogP contribution in [0.2, 0.25) is 5.02 Å². The highest BCUT2D eigenvalue weighted by Crippen LogP contribution is 2.36. The number of halogens is 1. The van der Waals surface area contributed by atoms with Crippen LogP contribution >= 0.6 is 22.9 Å². The van der Waals surface area contributed by atoms with Crippen molar-refractivity contribution in [2.45, 2.75) is 27.3 Å². The quantitative estimate of drug-likeness (QED) is 0.349. The molecule has 4 rings (SSSR count). The van der Waals surface area contributed by atoms with Gasteiger partial charge >= 0.3 is 0 Å². The van der Waals surface area contributed by atoms with E-state index in [2.05, 4.69) is 5.10 Å². The standard InChI is InChI=1S/C24H25ClN4O3S/c1-14-11-17(25)13-20-21(14)26-24(33-20)28(9-10-29-16(3)12-15(2)27-29)23(30)18-7-6-8-19(31-4)22(18)32-5/h6-8,11-13H,9-10H2,1-5H3. The first-order valence-electron chi connectivity index (χ1n) is 10.4. The number of amides is 1. The van der Waals surface area contributed by atoms with Gasteiger partial charge in [0.15, 0.2) is 16.6 Å². The first kappa shape index (κ1) is 23.1. The topological polar surface area (TPSA) is 69.5 Å². The molecule has 7 nitrogen and oxygen atoms in total. The average Bonchev–Trinajstić information content (AvgIpc) is 3.35. The zero-order valence-corrected chi connectivity index (χ0v) is 20.8. The third-order valence-electron chi connectivity index (χ3n) is 5.39. The number of hydrogen-bond acceptors (Lipinski definition) is 6. The van der Waals surface area contributed by atoms with E-state index >= 15 is 0 Å². The van der Waals surface area contributed by atoms with Crippen molar-refractivity contribution in [3.8, 4) is 11.5 Å². The molecular weight excluding hydrogens is 460 g/mol. The summed E-state index contributed by atoms with van der Waals surface area (Å²) in [6.45, 7) is 6.82. The molecule has 9 heteroatoms. The van der Waals surface area contributed by atoms with E-state index in [1.807, 2.05) is 43.7 Å². The van der Waals surface area contributed by atoms with Gasteiger partial charge in [-0.25, -0.2) is 4.98 Å². The zero-order chi connectivity index (χ0) is 23.7. The van der Waals surface area contributed by atoms with Gasteiger partial charge < -0.3 is 9.47 Å². The second-order valence-corrected chi connectivity index (χ2v) is 9.16. The lowest BCUT2D eigenvalue weighted by atomic mass is 10.1. The summed E-state index contributed by atoms with van der Waals surface area (Å²) in [5.74, 6) is 0.658. The zero-order valence-electron chi connectivity index (χ0n) is 19.2. The van der Waals surface area contributed by atoms with Crippen LogP contribution in [-0.4, -0.2) is 41.4 Å². The SMILES string of the molecule is COc1cccc(C(=O)N(CCn2nc(C)cc2C)c2nc3c(C)cc(Cl)cc3s2)c1OC. The van der Waals surface area contributed by atoms with Crippen molar-refractivity contribution in [2.24, 2.45) is 0 Å². The van der Waals surface area contributed by atoms with Crippen molar-refractivity contribution in [3.63, 3.8) is 0 Å². The second-order valence-electron chi connectivity index (χ2n) is 7.71. The van der Waals surface area contributed by atoms with Crippen LogP contribution < -0.4 is 14.4 Å². The Morgan fingerprint density at radius 1 is 1.15 bits per heavy atom. The predicted octanol–water partition coefficient (Wildman–Crippen LogP) is 5.44. The van der Waals surface area contributed by atoms with Gasteiger partial charge in [0.05, 0.1) is 42.2 Å². The molecule has 0 bridgehead atoms. The van der Waals surface area contributed by atoms with E-state index in [-0.39, 0.29) is 5.91 Å². The molecule has 0 aliphatic carbocycles. The lowest BCUT2D eigenvalue weighted by molar-refractivity contribution is 0.0982. The van der Waals surface area contributed by atoms with E-state index in [0.717, 1.165) is 27.2 Å². The van der Waals surface area contributed by atoms with Crippen LogP contribution in [0.1, 0.15) is 27.3 Å². The van der Waals surface area contributed by atoms with Gasteiger partial charge in [-0.05, 0) is 56.7 Å². The maximum absolute atomic E-state index is 13.8. The van der Waals surface area contributed by atoms with E-state index in [0.29, 0.717) is 40.3 Å². The molecule has 33 heavy (non-hydrogen) atoms. The third kappa shape index (κ3) is 4.54. The molecule has 2 aromatic heterocycles. The van der Waals surface area contributed by atoms with Gasteiger partial charge in [-0.2, -0.15) is 5.10 Å². The number of fused-ring (bicyclic) bond motifs is 1. The van der Waals surface area contributed by atoms with Gasteiger partial charge in [-0.1, -0.05) is 29.0 Å². The monoisotopic (exact) mass is 484 g/mol. The van der Waals surface area contributed by atoms with Crippen LogP contribution in [0, 0.1) is 20.8 Å². The molecule has 4 aromatic rings. The number of hydrogen-bond donors (Lipinski definition) is 0. The number of anilines is 1. The number of methoxy groups -OCH3 is 2. The van der Waals surface area contributed by atoms with Crippen molar-refractivity contribution in [2.75, 3.05) is 25.7 Å². The Bertz CT molecular complexity index is 1330. The maximum atomic E-state index is 13.8. The molecule has 2 aromatic carbocycles. The van der Waals surface area contributed by atoms with Gasteiger partial charge in [0.2, 0.25) is 0 Å². The fourth-order valence-electron chi connectivity index (χ4n) is 3.84. The molecule has 0 aliphatic heterocycles. The van der Waals surface area contributed by atoms with Crippen molar-refractivity contribution in [1.82, 2.24) is 14.8 Å². The van der Waals surface area contributed by atoms with Crippen LogP contribution in [0.5, 0.6) is 11.5 Å². The number of aryl methyl sites for hydroxylation is 3. The lowest BCUT2D eigenvalue weighted by Gasteiger charge is -2.22. The highest BCUT2D eigenvalue weighted by atomic mass is 35.5. The van der Waals surface area contributed by atoms with E-state index < -0.39 is 0 Å². The normalized spacial score (nSPS) is 11.1. The Kier molecular flexibility index (Phi) is 6.58. The maximum Gasteiger partial charge on any atom is 0.264 e. The van der Waals surface area contributed by atoms with Gasteiger partial charge in [-0.15, -0.1) is 0 Å². The smallest absolute Gasteiger partial charge is 0.264 e. The Hall–Kier alpha value is -3.10. The van der Waals surface area contributed by atoms with E-state index in [1.165, 1.54) is 18.4 Å². The summed E-state index contributed by atoms with van der Waals surface area (Å²) in [4.78, 5) is 20.3. The third-order valence-corrected chi connectivity index (χ3v) is 6.63. The average molecular weight is 485 g/mol. The van der Waals surface area contributed by atoms with Crippen LogP contribution in [-0.2, 0) is 6.54 Å². The number of nitrogens with zero attached hydrogens (tertiary/aromatic N) is 4. The van der Waals surface area contributed by atoms with Crippen LogP contribution in [0.4, 0.5) is 5.13 Å². The van der Waals surface area contributed by atoms with E-state index in [1.54, 1.807) is 30.2 Å². The van der Waals surface area contributed by atoms with Crippen molar-refractivity contribution >= 4 is 44.2 Å². The summed E-state index contributed by atoms with van der Waals surface area (Å²) in [6, 6.07) is 11.0. The molecule has 0 N–H and O–H groups in total. The fourth-order valence-corrected chi connectivity index (χ4v) is 5.28. The minimum atomic E-state index is -0.227. The summed E-state index contributed by atoms with van der Waals surface area (Å²) < 4.78 is 13.8. The molecule has 1 amide bonds. The summed E-state index contributed by atoms with van der Waals surface area (Å²) >= 11 is 7.69. The van der Waals surface area contributed by atoms with Gasteiger partial charge in [0.25, 0.3) is 5.91 Å². The molecule has 172 valence electrons. The summed E-state index contributed by atoms with van der Waals surface area (Å²) in [7, 11) is 3.07. The van der Waals surface area contributed by atoms with Crippen molar-refractivity contribution in [3.05, 3.63) is 63.9 Å². The fraction of sp³-hybridized carbons (Fsp3) is 0.292. The van der Waals surface area contributed by atoms with Crippen LogP contribution in [0.3, 0.4) is 0 Å². The highest BCUT2D eigenvalue weighted by Gasteiger charge is 2.26. The van der Waals surface area contributed by atoms with E-state index in [9.17, 15) is 4.79 Å². The molecule has 0 saturated heterocycles. The predicted molar refractivity (Wildman–Crippen MR) is 132 cm³/mol. The van der Waals surface area contributed by atoms with Crippen molar-refractivity contribution < 1.29 is 14.3 Å². The number of carbonyl (C=O) groups is 1. The Balaban J connectivity index is 1.78. The Labute approximate surface area is 201 Å². The molecule has 0 saturated carbocycles. The summed E-state index contributed by atoms with van der Waals surface area (Å²) in [5.41, 5.74) is 4.17. The van der Waals surface area contributed by atoms with Gasteiger partial charge in [0.1, 0.15) is 0 Å². The molecule has 2 heterocycles. The molecule has 0 aliphatic rings. The number of para-hydroxylation sites is 1. The van der Waals surface area contributed by atoms with Crippen LogP contribution in [0.25, 0.3) is 10.2 Å².